The van der Waals surface area contributed by atoms with Crippen LogP contribution in [0.25, 0.3) is 0 Å². The summed E-state index contributed by atoms with van der Waals surface area (Å²) in [6.07, 6.45) is 1.60. The Labute approximate surface area is 104 Å². The molecule has 2 radical (unpaired) electrons. The molecule has 0 saturated carbocycles. The molecule has 0 aliphatic rings. The van der Waals surface area contributed by atoms with E-state index in [2.05, 4.69) is 17.1 Å². The van der Waals surface area contributed by atoms with E-state index in [1.165, 1.54) is 0 Å². The van der Waals surface area contributed by atoms with Crippen molar-refractivity contribution in [1.82, 2.24) is 4.98 Å². The van der Waals surface area contributed by atoms with Crippen molar-refractivity contribution in [2.45, 2.75) is 4.52 Å². The molecule has 0 unspecified atom stereocenters. The van der Waals surface area contributed by atoms with E-state index in [1.807, 2.05) is 0 Å². The summed E-state index contributed by atoms with van der Waals surface area (Å²) in [5, 5.41) is 0. The Bertz CT molecular complexity index is 445. The molecule has 0 aliphatic carbocycles. The van der Waals surface area contributed by atoms with E-state index in [4.69, 9.17) is 27.9 Å². The van der Waals surface area contributed by atoms with Crippen LogP contribution in [0.5, 0.6) is 5.75 Å². The summed E-state index contributed by atoms with van der Waals surface area (Å²) in [5.41, 5.74) is 0.426. The molecular weight excluding hydrogens is 245 g/mol. The maximum Gasteiger partial charge on any atom is 0.301 e. The van der Waals surface area contributed by atoms with Crippen molar-refractivity contribution in [3.8, 4) is 5.75 Å². The minimum atomic E-state index is -1.52. The van der Waals surface area contributed by atoms with Gasteiger partial charge in [-0.15, -0.1) is 0 Å². The van der Waals surface area contributed by atoms with Gasteiger partial charge in [-0.05, 0) is 30.3 Å². The van der Waals surface area contributed by atoms with E-state index < -0.39 is 4.52 Å². The molecule has 0 atom stereocenters. The van der Waals surface area contributed by atoms with E-state index in [-0.39, 0.29) is 0 Å². The van der Waals surface area contributed by atoms with Crippen molar-refractivity contribution in [3.05, 3.63) is 60.4 Å². The lowest BCUT2D eigenvalue weighted by atomic mass is 10.3. The number of ether oxygens (including phenoxy) is 1. The molecule has 0 aliphatic heterocycles. The van der Waals surface area contributed by atoms with Crippen molar-refractivity contribution in [3.63, 3.8) is 0 Å². The van der Waals surface area contributed by atoms with Crippen LogP contribution in [0, 0.1) is 12.1 Å². The van der Waals surface area contributed by atoms with Gasteiger partial charge >= 0.3 is 4.52 Å². The summed E-state index contributed by atoms with van der Waals surface area (Å²) >= 11 is 12.1. The quantitative estimate of drug-likeness (QED) is 0.781. The standard InChI is InChI=1S/C12H7Cl2NO/c13-12(14,11-8-4-5-9-15-11)16-10-6-2-1-3-7-10/h1-2,4-5,7-9H. The Kier molecular flexibility index (Phi) is 3.32. The highest BCUT2D eigenvalue weighted by Gasteiger charge is 2.30. The zero-order valence-corrected chi connectivity index (χ0v) is 9.66. The predicted molar refractivity (Wildman–Crippen MR) is 62.4 cm³/mol. The summed E-state index contributed by atoms with van der Waals surface area (Å²) in [7, 11) is 0. The summed E-state index contributed by atoms with van der Waals surface area (Å²) in [5.74, 6) is 0.415. The lowest BCUT2D eigenvalue weighted by Gasteiger charge is -2.20. The molecule has 2 nitrogen and oxygen atoms in total. The molecule has 0 spiro atoms. The van der Waals surface area contributed by atoms with Gasteiger partial charge in [-0.1, -0.05) is 35.3 Å². The van der Waals surface area contributed by atoms with E-state index in [9.17, 15) is 0 Å². The van der Waals surface area contributed by atoms with Crippen LogP contribution in [0.15, 0.2) is 42.6 Å². The minimum absolute atomic E-state index is 0.415. The van der Waals surface area contributed by atoms with Gasteiger partial charge in [0.1, 0.15) is 11.4 Å². The predicted octanol–water partition coefficient (Wildman–Crippen LogP) is 3.35. The van der Waals surface area contributed by atoms with E-state index in [1.54, 1.807) is 42.6 Å². The molecule has 1 aromatic carbocycles. The number of rotatable bonds is 3. The van der Waals surface area contributed by atoms with Crippen LogP contribution >= 0.6 is 23.2 Å². The third kappa shape index (κ3) is 2.65. The van der Waals surface area contributed by atoms with Crippen molar-refractivity contribution in [2.24, 2.45) is 0 Å². The second kappa shape index (κ2) is 4.73. The fourth-order valence-corrected chi connectivity index (χ4v) is 1.51. The first-order chi connectivity index (χ1) is 7.68. The Hall–Kier alpha value is -1.25. The molecule has 0 saturated heterocycles. The van der Waals surface area contributed by atoms with E-state index in [0.29, 0.717) is 11.4 Å². The Morgan fingerprint density at radius 1 is 1.25 bits per heavy atom. The molecule has 0 amide bonds. The fourth-order valence-electron chi connectivity index (χ4n) is 1.12. The third-order valence-corrected chi connectivity index (χ3v) is 2.36. The van der Waals surface area contributed by atoms with Crippen LogP contribution in [0.4, 0.5) is 0 Å². The topological polar surface area (TPSA) is 22.1 Å². The van der Waals surface area contributed by atoms with Crippen molar-refractivity contribution < 1.29 is 4.74 Å². The molecule has 0 bridgehead atoms. The smallest absolute Gasteiger partial charge is 0.301 e. The number of aromatic nitrogens is 1. The number of nitrogens with zero attached hydrogens (tertiary/aromatic N) is 1. The Morgan fingerprint density at radius 3 is 2.75 bits per heavy atom. The average molecular weight is 252 g/mol. The monoisotopic (exact) mass is 251 g/mol. The van der Waals surface area contributed by atoms with Crippen LogP contribution in [-0.4, -0.2) is 4.98 Å². The molecular formula is C12H7Cl2NO. The molecule has 4 heteroatoms. The van der Waals surface area contributed by atoms with Gasteiger partial charge in [0.25, 0.3) is 0 Å². The lowest BCUT2D eigenvalue weighted by molar-refractivity contribution is 0.240. The highest BCUT2D eigenvalue weighted by molar-refractivity contribution is 6.46. The van der Waals surface area contributed by atoms with E-state index >= 15 is 0 Å². The number of alkyl halides is 2. The van der Waals surface area contributed by atoms with Crippen LogP contribution in [-0.2, 0) is 4.52 Å². The summed E-state index contributed by atoms with van der Waals surface area (Å²) in [4.78, 5) is 4.03. The van der Waals surface area contributed by atoms with Gasteiger partial charge in [-0.25, -0.2) is 0 Å². The first-order valence-electron chi connectivity index (χ1n) is 4.54. The molecule has 1 aromatic heterocycles. The zero-order valence-electron chi connectivity index (χ0n) is 8.15. The first kappa shape index (κ1) is 11.2. The van der Waals surface area contributed by atoms with E-state index in [0.717, 1.165) is 0 Å². The highest BCUT2D eigenvalue weighted by atomic mass is 35.5. The number of benzene rings is 1. The Balaban J connectivity index is 2.21. The number of halogens is 2. The first-order valence-corrected chi connectivity index (χ1v) is 5.30. The molecule has 1 heterocycles. The van der Waals surface area contributed by atoms with Gasteiger partial charge in [0.2, 0.25) is 0 Å². The van der Waals surface area contributed by atoms with Gasteiger partial charge in [0.05, 0.1) is 0 Å². The highest BCUT2D eigenvalue weighted by Crippen LogP contribution is 2.34. The molecule has 80 valence electrons. The fraction of sp³-hybridized carbons (Fsp3) is 0.0833. The maximum absolute atomic E-state index is 6.04. The molecule has 2 aromatic rings. The maximum atomic E-state index is 6.04. The number of hydrogen-bond acceptors (Lipinski definition) is 2. The number of hydrogen-bond donors (Lipinski definition) is 0. The van der Waals surface area contributed by atoms with Crippen LogP contribution in [0.2, 0.25) is 0 Å². The summed E-state index contributed by atoms with van der Waals surface area (Å²) in [6, 6.07) is 15.9. The second-order valence-electron chi connectivity index (χ2n) is 2.99. The van der Waals surface area contributed by atoms with Crippen LogP contribution in [0.1, 0.15) is 5.69 Å². The van der Waals surface area contributed by atoms with Crippen LogP contribution in [0.3, 0.4) is 0 Å². The third-order valence-electron chi connectivity index (χ3n) is 1.82. The average Bonchev–Trinajstić information content (AvgIpc) is 2.31. The van der Waals surface area contributed by atoms with Crippen molar-refractivity contribution in [2.75, 3.05) is 0 Å². The normalized spacial score (nSPS) is 11.1. The lowest BCUT2D eigenvalue weighted by Crippen LogP contribution is -2.20. The Morgan fingerprint density at radius 2 is 2.12 bits per heavy atom. The number of pyridine rings is 1. The van der Waals surface area contributed by atoms with Gasteiger partial charge in [-0.2, -0.15) is 0 Å². The molecule has 0 N–H and O–H groups in total. The molecule has 2 rings (SSSR count). The molecule has 0 fully saturated rings. The van der Waals surface area contributed by atoms with Gasteiger partial charge in [0.15, 0.2) is 0 Å². The minimum Gasteiger partial charge on any atom is -0.452 e. The van der Waals surface area contributed by atoms with Crippen molar-refractivity contribution >= 4 is 23.2 Å². The second-order valence-corrected chi connectivity index (χ2v) is 4.24. The molecule has 16 heavy (non-hydrogen) atoms. The SMILES string of the molecule is ClC(Cl)(Oc1[c]cc[c]c1)c1ccccn1. The van der Waals surface area contributed by atoms with Crippen molar-refractivity contribution in [1.29, 1.82) is 0 Å². The van der Waals surface area contributed by atoms with Gasteiger partial charge < -0.3 is 4.74 Å². The summed E-state index contributed by atoms with van der Waals surface area (Å²) < 4.78 is 3.85. The zero-order chi connectivity index (χ0) is 11.4. The largest absolute Gasteiger partial charge is 0.452 e. The van der Waals surface area contributed by atoms with Gasteiger partial charge in [-0.3, -0.25) is 4.98 Å². The van der Waals surface area contributed by atoms with Gasteiger partial charge in [0, 0.05) is 12.3 Å². The summed E-state index contributed by atoms with van der Waals surface area (Å²) in [6.45, 7) is 0. The van der Waals surface area contributed by atoms with Crippen LogP contribution < -0.4 is 4.74 Å².